The molecule has 0 saturated heterocycles. The van der Waals surface area contributed by atoms with Crippen molar-refractivity contribution in [1.82, 2.24) is 14.8 Å². The summed E-state index contributed by atoms with van der Waals surface area (Å²) >= 11 is 9.12. The Hall–Kier alpha value is -1.72. The van der Waals surface area contributed by atoms with Gasteiger partial charge in [0.2, 0.25) is 0 Å². The van der Waals surface area contributed by atoms with Crippen molar-refractivity contribution in [2.75, 3.05) is 0 Å². The van der Waals surface area contributed by atoms with Crippen LogP contribution in [0.3, 0.4) is 0 Å². The molecule has 3 rings (SSSR count). The average Bonchev–Trinajstić information content (AvgIpc) is 2.94. The van der Waals surface area contributed by atoms with Crippen LogP contribution in [0.25, 0.3) is 17.1 Å². The van der Waals surface area contributed by atoms with Crippen LogP contribution in [0.2, 0.25) is 0 Å². The van der Waals surface area contributed by atoms with E-state index in [2.05, 4.69) is 26.1 Å². The molecular weight excluding hydrogens is 357 g/mol. The Morgan fingerprint density at radius 3 is 2.52 bits per heavy atom. The molecule has 0 fully saturated rings. The predicted molar refractivity (Wildman–Crippen MR) is 84.0 cm³/mol. The number of para-hydroxylation sites is 1. The monoisotopic (exact) mass is 365 g/mol. The van der Waals surface area contributed by atoms with Crippen molar-refractivity contribution in [2.24, 2.45) is 0 Å². The largest absolute Gasteiger partial charge is 0.278 e. The van der Waals surface area contributed by atoms with E-state index in [1.165, 1.54) is 0 Å². The van der Waals surface area contributed by atoms with Gasteiger partial charge in [-0.25, -0.2) is 4.39 Å². The van der Waals surface area contributed by atoms with E-state index in [0.29, 0.717) is 21.7 Å². The van der Waals surface area contributed by atoms with E-state index < -0.39 is 0 Å². The van der Waals surface area contributed by atoms with Crippen LogP contribution >= 0.6 is 27.5 Å². The quantitative estimate of drug-likeness (QED) is 0.636. The molecule has 3 nitrogen and oxygen atoms in total. The summed E-state index contributed by atoms with van der Waals surface area (Å²) in [6.07, 6.45) is 0. The van der Waals surface area contributed by atoms with Crippen LogP contribution in [0.5, 0.6) is 0 Å². The number of benzene rings is 2. The molecule has 1 aromatic heterocycles. The maximum Gasteiger partial charge on any atom is 0.171 e. The number of rotatable bonds is 3. The van der Waals surface area contributed by atoms with E-state index in [1.807, 2.05) is 30.3 Å². The highest BCUT2D eigenvalue weighted by atomic mass is 79.9. The standard InChI is InChI=1S/C15H10BrClFN3/c16-12-8-4-7-11(14(12)18)15-20-19-13(9-17)21(15)10-5-2-1-3-6-10/h1-8H,9H2. The van der Waals surface area contributed by atoms with Crippen LogP contribution < -0.4 is 0 Å². The lowest BCUT2D eigenvalue weighted by Gasteiger charge is -2.10. The molecule has 0 saturated carbocycles. The molecule has 0 N–H and O–H groups in total. The van der Waals surface area contributed by atoms with Crippen LogP contribution in [0, 0.1) is 5.82 Å². The third-order valence-corrected chi connectivity index (χ3v) is 3.91. The van der Waals surface area contributed by atoms with Crippen LogP contribution in [-0.2, 0) is 5.88 Å². The zero-order chi connectivity index (χ0) is 14.8. The molecule has 0 bridgehead atoms. The first kappa shape index (κ1) is 14.2. The number of alkyl halides is 1. The van der Waals surface area contributed by atoms with Crippen molar-refractivity contribution in [1.29, 1.82) is 0 Å². The summed E-state index contributed by atoms with van der Waals surface area (Å²) in [4.78, 5) is 0. The summed E-state index contributed by atoms with van der Waals surface area (Å²) in [5.74, 6) is 0.813. The van der Waals surface area contributed by atoms with Gasteiger partial charge in [-0.15, -0.1) is 21.8 Å². The fraction of sp³-hybridized carbons (Fsp3) is 0.0667. The van der Waals surface area contributed by atoms with E-state index in [-0.39, 0.29) is 11.7 Å². The van der Waals surface area contributed by atoms with Gasteiger partial charge >= 0.3 is 0 Å². The predicted octanol–water partition coefficient (Wildman–Crippen LogP) is 4.57. The first-order chi connectivity index (χ1) is 10.2. The Morgan fingerprint density at radius 2 is 1.81 bits per heavy atom. The van der Waals surface area contributed by atoms with Crippen LogP contribution in [-0.4, -0.2) is 14.8 Å². The minimum absolute atomic E-state index is 0.192. The van der Waals surface area contributed by atoms with Crippen molar-refractivity contribution in [3.8, 4) is 17.1 Å². The molecule has 1 heterocycles. The van der Waals surface area contributed by atoms with Crippen molar-refractivity contribution in [3.63, 3.8) is 0 Å². The number of halogens is 3. The summed E-state index contributed by atoms with van der Waals surface area (Å²) in [5, 5.41) is 8.16. The molecule has 0 aliphatic carbocycles. The Labute approximate surface area is 134 Å². The van der Waals surface area contributed by atoms with Crippen molar-refractivity contribution in [3.05, 3.63) is 64.6 Å². The van der Waals surface area contributed by atoms with E-state index in [1.54, 1.807) is 22.8 Å². The Kier molecular flexibility index (Phi) is 4.03. The summed E-state index contributed by atoms with van der Waals surface area (Å²) < 4.78 is 16.5. The van der Waals surface area contributed by atoms with E-state index in [9.17, 15) is 4.39 Å². The van der Waals surface area contributed by atoms with Gasteiger partial charge < -0.3 is 0 Å². The zero-order valence-corrected chi connectivity index (χ0v) is 13.1. The van der Waals surface area contributed by atoms with Gasteiger partial charge in [0.05, 0.1) is 15.9 Å². The number of hydrogen-bond donors (Lipinski definition) is 0. The number of nitrogens with zero attached hydrogens (tertiary/aromatic N) is 3. The Balaban J connectivity index is 2.25. The van der Waals surface area contributed by atoms with Crippen LogP contribution in [0.15, 0.2) is 53.0 Å². The molecule has 2 aromatic carbocycles. The van der Waals surface area contributed by atoms with E-state index in [4.69, 9.17) is 11.6 Å². The summed E-state index contributed by atoms with van der Waals surface area (Å²) in [6, 6.07) is 14.6. The fourth-order valence-electron chi connectivity index (χ4n) is 2.10. The number of aromatic nitrogens is 3. The van der Waals surface area contributed by atoms with Gasteiger partial charge in [0, 0.05) is 5.69 Å². The van der Waals surface area contributed by atoms with E-state index >= 15 is 0 Å². The molecule has 0 spiro atoms. The normalized spacial score (nSPS) is 10.8. The van der Waals surface area contributed by atoms with E-state index in [0.717, 1.165) is 5.69 Å². The highest BCUT2D eigenvalue weighted by Gasteiger charge is 2.18. The minimum atomic E-state index is -0.372. The van der Waals surface area contributed by atoms with Crippen LogP contribution in [0.4, 0.5) is 4.39 Å². The molecule has 0 atom stereocenters. The summed E-state index contributed by atoms with van der Waals surface area (Å²) in [6.45, 7) is 0. The summed E-state index contributed by atoms with van der Waals surface area (Å²) in [5.41, 5.74) is 1.21. The maximum absolute atomic E-state index is 14.3. The molecule has 21 heavy (non-hydrogen) atoms. The lowest BCUT2D eigenvalue weighted by molar-refractivity contribution is 0.623. The van der Waals surface area contributed by atoms with Crippen molar-refractivity contribution < 1.29 is 4.39 Å². The third-order valence-electron chi connectivity index (χ3n) is 3.06. The molecular formula is C15H10BrClFN3. The van der Waals surface area contributed by atoms with Gasteiger partial charge in [0.15, 0.2) is 11.6 Å². The number of hydrogen-bond acceptors (Lipinski definition) is 2. The second kappa shape index (κ2) is 5.95. The first-order valence-corrected chi connectivity index (χ1v) is 7.55. The SMILES string of the molecule is Fc1c(Br)cccc1-c1nnc(CCl)n1-c1ccccc1. The Morgan fingerprint density at radius 1 is 1.05 bits per heavy atom. The molecule has 6 heteroatoms. The van der Waals surface area contributed by atoms with Crippen molar-refractivity contribution >= 4 is 27.5 Å². The first-order valence-electron chi connectivity index (χ1n) is 6.22. The lowest BCUT2D eigenvalue weighted by Crippen LogP contribution is -2.02. The van der Waals surface area contributed by atoms with Gasteiger partial charge in [-0.3, -0.25) is 4.57 Å². The smallest absolute Gasteiger partial charge is 0.171 e. The molecule has 0 unspecified atom stereocenters. The minimum Gasteiger partial charge on any atom is -0.278 e. The molecule has 0 aliphatic rings. The van der Waals surface area contributed by atoms with Gasteiger partial charge in [-0.2, -0.15) is 0 Å². The molecule has 106 valence electrons. The highest BCUT2D eigenvalue weighted by molar-refractivity contribution is 9.10. The van der Waals surface area contributed by atoms with Gasteiger partial charge in [0.25, 0.3) is 0 Å². The van der Waals surface area contributed by atoms with Crippen LogP contribution in [0.1, 0.15) is 5.82 Å². The third kappa shape index (κ3) is 2.59. The topological polar surface area (TPSA) is 30.7 Å². The highest BCUT2D eigenvalue weighted by Crippen LogP contribution is 2.29. The molecule has 0 radical (unpaired) electrons. The molecule has 3 aromatic rings. The maximum atomic E-state index is 14.3. The van der Waals surface area contributed by atoms with Gasteiger partial charge in [-0.05, 0) is 40.2 Å². The average molecular weight is 367 g/mol. The molecule has 0 aliphatic heterocycles. The molecule has 0 amide bonds. The lowest BCUT2D eigenvalue weighted by atomic mass is 10.2. The zero-order valence-electron chi connectivity index (χ0n) is 10.8. The fourth-order valence-corrected chi connectivity index (χ4v) is 2.64. The van der Waals surface area contributed by atoms with Gasteiger partial charge in [-0.1, -0.05) is 24.3 Å². The second-order valence-corrected chi connectivity index (χ2v) is 5.47. The Bertz CT molecular complexity index is 774. The summed E-state index contributed by atoms with van der Waals surface area (Å²) in [7, 11) is 0. The van der Waals surface area contributed by atoms with Gasteiger partial charge in [0.1, 0.15) is 5.82 Å². The van der Waals surface area contributed by atoms with Crippen molar-refractivity contribution in [2.45, 2.75) is 5.88 Å². The second-order valence-electron chi connectivity index (χ2n) is 4.35.